The molecular weight excluding hydrogens is 158 g/mol. The summed E-state index contributed by atoms with van der Waals surface area (Å²) in [5.41, 5.74) is 0. The van der Waals surface area contributed by atoms with Gasteiger partial charge in [-0.2, -0.15) is 0 Å². The van der Waals surface area contributed by atoms with Gasteiger partial charge in [0.2, 0.25) is 5.91 Å². The molecule has 0 aliphatic rings. The van der Waals surface area contributed by atoms with Gasteiger partial charge >= 0.3 is 0 Å². The van der Waals surface area contributed by atoms with Gasteiger partial charge in [-0.25, -0.2) is 0 Å². The number of amides is 1. The molecule has 4 nitrogen and oxygen atoms in total. The number of methoxy groups -OCH3 is 1. The van der Waals surface area contributed by atoms with Crippen molar-refractivity contribution < 1.29 is 14.3 Å². The summed E-state index contributed by atoms with van der Waals surface area (Å²) in [5, 5.41) is 2.41. The van der Waals surface area contributed by atoms with Crippen molar-refractivity contribution in [1.82, 2.24) is 5.32 Å². The number of hydrogen-bond acceptors (Lipinski definition) is 3. The maximum absolute atomic E-state index is 10.8. The average molecular weight is 171 g/mol. The normalized spacial score (nSPS) is 10.2. The van der Waals surface area contributed by atoms with E-state index in [0.717, 1.165) is 0 Å². The lowest BCUT2D eigenvalue weighted by atomic mass is 10.4. The molecule has 0 bridgehead atoms. The lowest BCUT2D eigenvalue weighted by Gasteiger charge is -1.96. The van der Waals surface area contributed by atoms with Crippen molar-refractivity contribution in [2.24, 2.45) is 0 Å². The molecule has 0 atom stereocenters. The van der Waals surface area contributed by atoms with Gasteiger partial charge in [-0.3, -0.25) is 9.59 Å². The van der Waals surface area contributed by atoms with E-state index in [1.54, 1.807) is 6.08 Å². The summed E-state index contributed by atoms with van der Waals surface area (Å²) in [6.07, 6.45) is 2.92. The Morgan fingerprint density at radius 1 is 1.50 bits per heavy atom. The third-order valence-electron chi connectivity index (χ3n) is 1.04. The van der Waals surface area contributed by atoms with Gasteiger partial charge in [-0.05, 0) is 6.92 Å². The maximum Gasteiger partial charge on any atom is 0.244 e. The summed E-state index contributed by atoms with van der Waals surface area (Å²) >= 11 is 0. The number of carbonyl (C=O) groups excluding carboxylic acids is 2. The summed E-state index contributed by atoms with van der Waals surface area (Å²) < 4.78 is 4.68. The lowest BCUT2D eigenvalue weighted by molar-refractivity contribution is -0.121. The first-order valence-corrected chi connectivity index (χ1v) is 3.59. The van der Waals surface area contributed by atoms with Crippen molar-refractivity contribution in [2.45, 2.75) is 6.92 Å². The third-order valence-corrected chi connectivity index (χ3v) is 1.04. The molecule has 0 spiro atoms. The molecule has 0 saturated carbocycles. The molecule has 0 aliphatic carbocycles. The van der Waals surface area contributed by atoms with Crippen LogP contribution >= 0.6 is 0 Å². The van der Waals surface area contributed by atoms with E-state index in [2.05, 4.69) is 10.1 Å². The summed E-state index contributed by atoms with van der Waals surface area (Å²) in [7, 11) is 1.54. The minimum Gasteiger partial charge on any atom is -0.381 e. The molecule has 0 aromatic rings. The van der Waals surface area contributed by atoms with Crippen LogP contribution in [-0.4, -0.2) is 32.0 Å². The Morgan fingerprint density at radius 3 is 2.67 bits per heavy atom. The molecule has 0 saturated heterocycles. The molecule has 1 amide bonds. The largest absolute Gasteiger partial charge is 0.381 e. The topological polar surface area (TPSA) is 55.4 Å². The summed E-state index contributed by atoms with van der Waals surface area (Å²) in [4.78, 5) is 21.2. The van der Waals surface area contributed by atoms with Crippen LogP contribution < -0.4 is 5.32 Å². The Bertz CT molecular complexity index is 187. The maximum atomic E-state index is 10.8. The molecule has 68 valence electrons. The Morgan fingerprint density at radius 2 is 2.17 bits per heavy atom. The zero-order valence-corrected chi connectivity index (χ0v) is 7.29. The number of nitrogens with one attached hydrogen (secondary N) is 1. The highest BCUT2D eigenvalue weighted by Crippen LogP contribution is 1.75. The number of ether oxygens (including phenoxy) is 1. The van der Waals surface area contributed by atoms with Gasteiger partial charge in [0.15, 0.2) is 0 Å². The Balaban J connectivity index is 3.52. The molecule has 0 rings (SSSR count). The number of ketones is 1. The van der Waals surface area contributed by atoms with Crippen molar-refractivity contribution in [3.05, 3.63) is 12.2 Å². The quantitative estimate of drug-likeness (QED) is 0.587. The van der Waals surface area contributed by atoms with Crippen LogP contribution in [0.25, 0.3) is 0 Å². The first-order valence-electron chi connectivity index (χ1n) is 3.59. The lowest BCUT2D eigenvalue weighted by Crippen LogP contribution is -2.26. The van der Waals surface area contributed by atoms with Crippen LogP contribution in [0.1, 0.15) is 6.92 Å². The van der Waals surface area contributed by atoms with E-state index in [0.29, 0.717) is 6.61 Å². The number of Topliss-reactive ketones (excluding diaryl/α,β-unsaturated/α-hetero) is 1. The van der Waals surface area contributed by atoms with Crippen LogP contribution in [0.15, 0.2) is 12.2 Å². The second kappa shape index (κ2) is 6.54. The minimum atomic E-state index is -0.276. The van der Waals surface area contributed by atoms with Crippen LogP contribution in [-0.2, 0) is 14.3 Å². The highest BCUT2D eigenvalue weighted by molar-refractivity contribution is 5.91. The van der Waals surface area contributed by atoms with Gasteiger partial charge in [0.05, 0.1) is 13.2 Å². The molecule has 0 heterocycles. The second-order valence-electron chi connectivity index (χ2n) is 2.28. The highest BCUT2D eigenvalue weighted by Gasteiger charge is 1.95. The summed E-state index contributed by atoms with van der Waals surface area (Å²) in [6.45, 7) is 1.89. The Hall–Kier alpha value is -1.16. The zero-order valence-electron chi connectivity index (χ0n) is 7.29. The van der Waals surface area contributed by atoms with Crippen molar-refractivity contribution >= 4 is 11.7 Å². The van der Waals surface area contributed by atoms with Crippen LogP contribution in [0, 0.1) is 0 Å². The van der Waals surface area contributed by atoms with E-state index in [4.69, 9.17) is 0 Å². The fraction of sp³-hybridized carbons (Fsp3) is 0.500. The molecule has 1 N–H and O–H groups in total. The SMILES string of the molecule is COC/C=C/C(=O)NCC(C)=O. The van der Waals surface area contributed by atoms with Crippen molar-refractivity contribution in [3.8, 4) is 0 Å². The van der Waals surface area contributed by atoms with E-state index in [1.807, 2.05) is 0 Å². The average Bonchev–Trinajstić information content (AvgIpc) is 2.01. The van der Waals surface area contributed by atoms with Gasteiger partial charge in [0.1, 0.15) is 5.78 Å². The van der Waals surface area contributed by atoms with Gasteiger partial charge in [-0.1, -0.05) is 6.08 Å². The summed E-state index contributed by atoms with van der Waals surface area (Å²) in [5.74, 6) is -0.342. The standard InChI is InChI=1S/C8H13NO3/c1-7(10)6-9-8(11)4-3-5-12-2/h3-4H,5-6H2,1-2H3,(H,9,11)/b4-3+. The van der Waals surface area contributed by atoms with E-state index in [-0.39, 0.29) is 18.2 Å². The molecular formula is C8H13NO3. The van der Waals surface area contributed by atoms with E-state index < -0.39 is 0 Å². The van der Waals surface area contributed by atoms with Gasteiger partial charge in [-0.15, -0.1) is 0 Å². The first kappa shape index (κ1) is 10.8. The number of rotatable bonds is 5. The Kier molecular flexibility index (Phi) is 5.91. The monoisotopic (exact) mass is 171 g/mol. The van der Waals surface area contributed by atoms with Gasteiger partial charge in [0, 0.05) is 13.2 Å². The van der Waals surface area contributed by atoms with Crippen molar-refractivity contribution in [3.63, 3.8) is 0 Å². The van der Waals surface area contributed by atoms with Crippen molar-refractivity contribution in [2.75, 3.05) is 20.3 Å². The summed E-state index contributed by atoms with van der Waals surface area (Å²) in [6, 6.07) is 0. The second-order valence-corrected chi connectivity index (χ2v) is 2.28. The van der Waals surface area contributed by atoms with Crippen LogP contribution in [0.2, 0.25) is 0 Å². The fourth-order valence-electron chi connectivity index (χ4n) is 0.522. The van der Waals surface area contributed by atoms with Gasteiger partial charge in [0.25, 0.3) is 0 Å². The van der Waals surface area contributed by atoms with E-state index in [1.165, 1.54) is 20.1 Å². The van der Waals surface area contributed by atoms with Crippen LogP contribution in [0.3, 0.4) is 0 Å². The van der Waals surface area contributed by atoms with Crippen LogP contribution in [0.5, 0.6) is 0 Å². The van der Waals surface area contributed by atoms with Crippen molar-refractivity contribution in [1.29, 1.82) is 0 Å². The molecule has 0 unspecified atom stereocenters. The predicted molar refractivity (Wildman–Crippen MR) is 44.7 cm³/mol. The molecule has 0 aromatic carbocycles. The van der Waals surface area contributed by atoms with E-state index >= 15 is 0 Å². The van der Waals surface area contributed by atoms with E-state index in [9.17, 15) is 9.59 Å². The molecule has 0 aliphatic heterocycles. The highest BCUT2D eigenvalue weighted by atomic mass is 16.5. The third kappa shape index (κ3) is 6.95. The molecule has 12 heavy (non-hydrogen) atoms. The first-order chi connectivity index (χ1) is 5.66. The number of hydrogen-bond donors (Lipinski definition) is 1. The van der Waals surface area contributed by atoms with Gasteiger partial charge < -0.3 is 10.1 Å². The molecule has 0 fully saturated rings. The van der Waals surface area contributed by atoms with Crippen LogP contribution in [0.4, 0.5) is 0 Å². The zero-order chi connectivity index (χ0) is 9.40. The molecule has 0 radical (unpaired) electrons. The fourth-order valence-corrected chi connectivity index (χ4v) is 0.522. The predicted octanol–water partition coefficient (Wildman–Crippen LogP) is -0.106. The Labute approximate surface area is 71.6 Å². The molecule has 4 heteroatoms. The smallest absolute Gasteiger partial charge is 0.244 e. The number of carbonyl (C=O) groups is 2. The minimum absolute atomic E-state index is 0.0662. The molecule has 0 aromatic heterocycles.